The molecule has 1 aromatic carbocycles. The van der Waals surface area contributed by atoms with Crippen molar-refractivity contribution in [2.24, 2.45) is 5.73 Å². The molecule has 1 aromatic rings. The Balaban J connectivity index is 3.25. The molecule has 0 bridgehead atoms. The van der Waals surface area contributed by atoms with Gasteiger partial charge in [0.15, 0.2) is 11.6 Å². The van der Waals surface area contributed by atoms with Crippen LogP contribution in [0.3, 0.4) is 0 Å². The molecule has 0 spiro atoms. The molecule has 0 aliphatic heterocycles. The number of benzene rings is 1. The number of methoxy groups -OCH3 is 1. The highest BCUT2D eigenvalue weighted by atomic mass is 19.1. The molecule has 78 valence electrons. The predicted octanol–water partition coefficient (Wildman–Crippen LogP) is 1.94. The summed E-state index contributed by atoms with van der Waals surface area (Å²) in [4.78, 5) is 0. The van der Waals surface area contributed by atoms with Crippen LogP contribution in [0.4, 0.5) is 13.2 Å². The molecule has 14 heavy (non-hydrogen) atoms. The summed E-state index contributed by atoms with van der Waals surface area (Å²) in [6, 6.07) is 0.816. The molecule has 0 amide bonds. The zero-order chi connectivity index (χ0) is 10.7. The number of nitrogens with two attached hydrogens (primary N) is 1. The van der Waals surface area contributed by atoms with Gasteiger partial charge in [0.1, 0.15) is 12.5 Å². The topological polar surface area (TPSA) is 35.2 Å². The number of ether oxygens (including phenoxy) is 1. The van der Waals surface area contributed by atoms with E-state index in [2.05, 4.69) is 4.74 Å². The molecule has 2 nitrogen and oxygen atoms in total. The Morgan fingerprint density at radius 2 is 2.07 bits per heavy atom. The van der Waals surface area contributed by atoms with Crippen LogP contribution in [0.2, 0.25) is 0 Å². The molecule has 2 N–H and O–H groups in total. The van der Waals surface area contributed by atoms with E-state index < -0.39 is 29.9 Å². The lowest BCUT2D eigenvalue weighted by molar-refractivity contribution is 0.368. The van der Waals surface area contributed by atoms with Crippen LogP contribution in [0, 0.1) is 11.6 Å². The number of hydrogen-bond donors (Lipinski definition) is 1. The van der Waals surface area contributed by atoms with Crippen LogP contribution >= 0.6 is 0 Å². The molecule has 0 fully saturated rings. The minimum Gasteiger partial charge on any atom is -0.494 e. The van der Waals surface area contributed by atoms with Gasteiger partial charge in [0, 0.05) is 5.56 Å². The Labute approximate surface area is 79.5 Å². The van der Waals surface area contributed by atoms with Crippen molar-refractivity contribution in [2.75, 3.05) is 13.8 Å². The molecule has 0 aliphatic carbocycles. The lowest BCUT2D eigenvalue weighted by atomic mass is 10.1. The monoisotopic (exact) mass is 205 g/mol. The minimum absolute atomic E-state index is 0.148. The van der Waals surface area contributed by atoms with Gasteiger partial charge in [-0.05, 0) is 12.1 Å². The molecule has 0 unspecified atom stereocenters. The predicted molar refractivity (Wildman–Crippen MR) is 45.8 cm³/mol. The Bertz CT molecular complexity index is 330. The molecular formula is C9H10F3NO. The van der Waals surface area contributed by atoms with Crippen LogP contribution in [-0.4, -0.2) is 13.8 Å². The zero-order valence-corrected chi connectivity index (χ0v) is 7.56. The first kappa shape index (κ1) is 10.8. The van der Waals surface area contributed by atoms with Crippen molar-refractivity contribution in [3.63, 3.8) is 0 Å². The Morgan fingerprint density at radius 1 is 1.43 bits per heavy atom. The van der Waals surface area contributed by atoms with Crippen LogP contribution in [0.1, 0.15) is 11.6 Å². The summed E-state index contributed by atoms with van der Waals surface area (Å²) in [5.74, 6) is -1.96. The molecule has 0 aromatic heterocycles. The maximum atomic E-state index is 13.4. The van der Waals surface area contributed by atoms with Crippen LogP contribution in [0.25, 0.3) is 0 Å². The lowest BCUT2D eigenvalue weighted by Crippen LogP contribution is -2.16. The van der Waals surface area contributed by atoms with Gasteiger partial charge in [-0.25, -0.2) is 13.2 Å². The molecule has 1 rings (SSSR count). The van der Waals surface area contributed by atoms with Crippen molar-refractivity contribution in [2.45, 2.75) is 6.04 Å². The molecule has 0 aliphatic rings. The molecule has 0 saturated heterocycles. The van der Waals surface area contributed by atoms with E-state index in [0.29, 0.717) is 0 Å². The Hall–Kier alpha value is -1.23. The molecule has 1 atom stereocenters. The molecule has 5 heteroatoms. The van der Waals surface area contributed by atoms with E-state index in [1.807, 2.05) is 0 Å². The van der Waals surface area contributed by atoms with Gasteiger partial charge in [-0.2, -0.15) is 0 Å². The summed E-state index contributed by atoms with van der Waals surface area (Å²) in [6.07, 6.45) is 0. The third-order valence-electron chi connectivity index (χ3n) is 1.85. The smallest absolute Gasteiger partial charge is 0.172 e. The number of alkyl halides is 1. The number of halogens is 3. The fourth-order valence-corrected chi connectivity index (χ4v) is 1.12. The van der Waals surface area contributed by atoms with Crippen molar-refractivity contribution >= 4 is 0 Å². The average Bonchev–Trinajstić information content (AvgIpc) is 2.18. The van der Waals surface area contributed by atoms with Gasteiger partial charge in [0.25, 0.3) is 0 Å². The summed E-state index contributed by atoms with van der Waals surface area (Å²) >= 11 is 0. The summed E-state index contributed by atoms with van der Waals surface area (Å²) in [7, 11) is 1.24. The summed E-state index contributed by atoms with van der Waals surface area (Å²) in [5.41, 5.74) is 4.73. The highest BCUT2D eigenvalue weighted by molar-refractivity contribution is 5.34. The van der Waals surface area contributed by atoms with Crippen molar-refractivity contribution in [1.82, 2.24) is 0 Å². The average molecular weight is 205 g/mol. The normalized spacial score (nSPS) is 12.6. The number of hydrogen-bond acceptors (Lipinski definition) is 2. The van der Waals surface area contributed by atoms with E-state index in [1.165, 1.54) is 7.11 Å². The third kappa shape index (κ3) is 1.82. The van der Waals surface area contributed by atoms with Gasteiger partial charge in [-0.1, -0.05) is 0 Å². The second-order valence-corrected chi connectivity index (χ2v) is 2.74. The maximum absolute atomic E-state index is 13.4. The molecule has 0 radical (unpaired) electrons. The van der Waals surface area contributed by atoms with Crippen molar-refractivity contribution < 1.29 is 17.9 Å². The molecular weight excluding hydrogens is 195 g/mol. The molecule has 0 heterocycles. The first-order valence-corrected chi connectivity index (χ1v) is 3.95. The van der Waals surface area contributed by atoms with E-state index in [0.717, 1.165) is 12.1 Å². The van der Waals surface area contributed by atoms with Crippen LogP contribution in [-0.2, 0) is 0 Å². The second-order valence-electron chi connectivity index (χ2n) is 2.74. The zero-order valence-electron chi connectivity index (χ0n) is 7.56. The van der Waals surface area contributed by atoms with Gasteiger partial charge in [-0.15, -0.1) is 0 Å². The fourth-order valence-electron chi connectivity index (χ4n) is 1.12. The highest BCUT2D eigenvalue weighted by Crippen LogP contribution is 2.26. The summed E-state index contributed by atoms with van der Waals surface area (Å²) in [6.45, 7) is -1.03. The minimum atomic E-state index is -1.30. The summed E-state index contributed by atoms with van der Waals surface area (Å²) < 4.78 is 43.2. The standard InChI is InChI=1S/C9H10F3NO/c1-14-7-3-2-5(11)8(9(7)12)6(13)4-10/h2-3,6H,4,13H2,1H3/t6-/m0/s1. The van der Waals surface area contributed by atoms with E-state index in [1.54, 1.807) is 0 Å². The van der Waals surface area contributed by atoms with Crippen LogP contribution < -0.4 is 10.5 Å². The van der Waals surface area contributed by atoms with Crippen molar-refractivity contribution in [3.8, 4) is 5.75 Å². The van der Waals surface area contributed by atoms with E-state index in [-0.39, 0.29) is 5.75 Å². The highest BCUT2D eigenvalue weighted by Gasteiger charge is 2.19. The fraction of sp³-hybridized carbons (Fsp3) is 0.333. The van der Waals surface area contributed by atoms with Gasteiger partial charge in [0.2, 0.25) is 0 Å². The second kappa shape index (κ2) is 4.32. The maximum Gasteiger partial charge on any atom is 0.172 e. The van der Waals surface area contributed by atoms with Gasteiger partial charge in [0.05, 0.1) is 13.2 Å². The van der Waals surface area contributed by atoms with E-state index in [9.17, 15) is 13.2 Å². The first-order chi connectivity index (χ1) is 6.61. The summed E-state index contributed by atoms with van der Waals surface area (Å²) in [5, 5.41) is 0. The van der Waals surface area contributed by atoms with Crippen molar-refractivity contribution in [1.29, 1.82) is 0 Å². The number of rotatable bonds is 3. The first-order valence-electron chi connectivity index (χ1n) is 3.95. The quantitative estimate of drug-likeness (QED) is 0.818. The third-order valence-corrected chi connectivity index (χ3v) is 1.85. The van der Waals surface area contributed by atoms with E-state index in [4.69, 9.17) is 5.73 Å². The van der Waals surface area contributed by atoms with Gasteiger partial charge < -0.3 is 10.5 Å². The molecule has 0 saturated carbocycles. The van der Waals surface area contributed by atoms with Crippen LogP contribution in [0.15, 0.2) is 12.1 Å². The SMILES string of the molecule is COc1ccc(F)c([C@@H](N)CF)c1F. The Morgan fingerprint density at radius 3 is 2.57 bits per heavy atom. The van der Waals surface area contributed by atoms with Gasteiger partial charge >= 0.3 is 0 Å². The van der Waals surface area contributed by atoms with Crippen molar-refractivity contribution in [3.05, 3.63) is 29.3 Å². The largest absolute Gasteiger partial charge is 0.494 e. The van der Waals surface area contributed by atoms with E-state index >= 15 is 0 Å². The van der Waals surface area contributed by atoms with Crippen LogP contribution in [0.5, 0.6) is 5.75 Å². The lowest BCUT2D eigenvalue weighted by Gasteiger charge is -2.12. The Kier molecular flexibility index (Phi) is 3.35. The van der Waals surface area contributed by atoms with Gasteiger partial charge in [-0.3, -0.25) is 0 Å².